The fourth-order valence-corrected chi connectivity index (χ4v) is 3.14. The van der Waals surface area contributed by atoms with Crippen molar-refractivity contribution in [2.75, 3.05) is 6.26 Å². The molecule has 0 bridgehead atoms. The van der Waals surface area contributed by atoms with E-state index < -0.39 is 9.84 Å². The molecule has 0 aromatic carbocycles. The lowest BCUT2D eigenvalue weighted by Gasteiger charge is -1.95. The van der Waals surface area contributed by atoms with Crippen LogP contribution >= 0.6 is 11.3 Å². The molecule has 0 atom stereocenters. The summed E-state index contributed by atoms with van der Waals surface area (Å²) in [5.41, 5.74) is 0. The molecule has 2 rings (SSSR count). The van der Waals surface area contributed by atoms with Gasteiger partial charge in [0, 0.05) is 18.8 Å². The first-order valence-corrected chi connectivity index (χ1v) is 7.63. The Bertz CT molecular complexity index is 436. The highest BCUT2D eigenvalue weighted by molar-refractivity contribution is 7.90. The zero-order valence-corrected chi connectivity index (χ0v) is 10.1. The summed E-state index contributed by atoms with van der Waals surface area (Å²) in [5, 5.41) is 12.5. The third-order valence-electron chi connectivity index (χ3n) is 2.01. The van der Waals surface area contributed by atoms with E-state index >= 15 is 0 Å². The van der Waals surface area contributed by atoms with Gasteiger partial charge in [0.2, 0.25) is 0 Å². The largest absolute Gasteiger partial charge is 0.308 e. The van der Waals surface area contributed by atoms with Crippen molar-refractivity contribution >= 4 is 21.2 Å². The molecule has 0 spiro atoms. The average molecular weight is 247 g/mol. The number of nitrogens with zero attached hydrogens (tertiary/aromatic N) is 2. The number of aromatic nitrogens is 2. The molecule has 1 saturated carbocycles. The first kappa shape index (κ1) is 11.0. The molecule has 0 amide bonds. The lowest BCUT2D eigenvalue weighted by molar-refractivity contribution is 0.600. The third kappa shape index (κ3) is 3.84. The highest BCUT2D eigenvalue weighted by Crippen LogP contribution is 2.20. The highest BCUT2D eigenvalue weighted by atomic mass is 32.2. The van der Waals surface area contributed by atoms with E-state index in [-0.39, 0.29) is 5.75 Å². The van der Waals surface area contributed by atoms with Crippen LogP contribution in [-0.2, 0) is 22.1 Å². The van der Waals surface area contributed by atoms with Gasteiger partial charge in [0.25, 0.3) is 0 Å². The summed E-state index contributed by atoms with van der Waals surface area (Å²) in [7, 11) is -3.00. The van der Waals surface area contributed by atoms with E-state index in [0.717, 1.165) is 5.01 Å². The van der Waals surface area contributed by atoms with Crippen molar-refractivity contribution in [3.63, 3.8) is 0 Å². The van der Waals surface area contributed by atoms with Crippen molar-refractivity contribution in [3.05, 3.63) is 10.0 Å². The van der Waals surface area contributed by atoms with Gasteiger partial charge in [-0.25, -0.2) is 8.42 Å². The second kappa shape index (κ2) is 4.15. The SMILES string of the molecule is CS(=O)(=O)Cc1nnc(CNC2CC2)s1. The van der Waals surface area contributed by atoms with Gasteiger partial charge in [0.1, 0.15) is 15.8 Å². The molecular weight excluding hydrogens is 234 g/mol. The molecule has 0 aliphatic heterocycles. The summed E-state index contributed by atoms with van der Waals surface area (Å²) in [6, 6.07) is 0.632. The predicted octanol–water partition coefficient (Wildman–Crippen LogP) is 0.335. The van der Waals surface area contributed by atoms with E-state index in [0.29, 0.717) is 17.6 Å². The quantitative estimate of drug-likeness (QED) is 0.812. The molecule has 1 heterocycles. The molecule has 15 heavy (non-hydrogen) atoms. The molecule has 1 aromatic heterocycles. The number of nitrogens with one attached hydrogen (secondary N) is 1. The number of hydrogen-bond acceptors (Lipinski definition) is 6. The van der Waals surface area contributed by atoms with Crippen LogP contribution in [0.25, 0.3) is 0 Å². The van der Waals surface area contributed by atoms with Gasteiger partial charge in [-0.3, -0.25) is 0 Å². The fraction of sp³-hybridized carbons (Fsp3) is 0.750. The van der Waals surface area contributed by atoms with Crippen LogP contribution < -0.4 is 5.32 Å². The Morgan fingerprint density at radius 1 is 1.40 bits per heavy atom. The second-order valence-electron chi connectivity index (χ2n) is 3.81. The van der Waals surface area contributed by atoms with Gasteiger partial charge >= 0.3 is 0 Å². The molecule has 1 N–H and O–H groups in total. The molecule has 0 unspecified atom stereocenters. The third-order valence-corrected chi connectivity index (χ3v) is 3.92. The van der Waals surface area contributed by atoms with Gasteiger partial charge in [-0.05, 0) is 12.8 Å². The van der Waals surface area contributed by atoms with Crippen LogP contribution in [0.5, 0.6) is 0 Å². The minimum atomic E-state index is -3.00. The van der Waals surface area contributed by atoms with Crippen molar-refractivity contribution < 1.29 is 8.42 Å². The van der Waals surface area contributed by atoms with Gasteiger partial charge in [-0.1, -0.05) is 11.3 Å². The van der Waals surface area contributed by atoms with Crippen LogP contribution in [0.1, 0.15) is 22.9 Å². The van der Waals surface area contributed by atoms with Crippen molar-refractivity contribution in [3.8, 4) is 0 Å². The fourth-order valence-electron chi connectivity index (χ4n) is 1.16. The lowest BCUT2D eigenvalue weighted by atomic mass is 10.6. The summed E-state index contributed by atoms with van der Waals surface area (Å²) < 4.78 is 22.0. The Hall–Kier alpha value is -0.530. The molecule has 7 heteroatoms. The van der Waals surface area contributed by atoms with Crippen LogP contribution in [0.3, 0.4) is 0 Å². The van der Waals surface area contributed by atoms with E-state index in [1.165, 1.54) is 30.4 Å². The molecule has 0 radical (unpaired) electrons. The predicted molar refractivity (Wildman–Crippen MR) is 58.3 cm³/mol. The van der Waals surface area contributed by atoms with E-state index in [9.17, 15) is 8.42 Å². The zero-order chi connectivity index (χ0) is 10.9. The molecule has 1 aliphatic rings. The van der Waals surface area contributed by atoms with E-state index in [1.807, 2.05) is 0 Å². The van der Waals surface area contributed by atoms with Crippen LogP contribution in [0.4, 0.5) is 0 Å². The molecular formula is C8H13N3O2S2. The monoisotopic (exact) mass is 247 g/mol. The summed E-state index contributed by atoms with van der Waals surface area (Å²) in [6.45, 7) is 0.700. The topological polar surface area (TPSA) is 72.0 Å². The first-order valence-electron chi connectivity index (χ1n) is 4.75. The first-order chi connectivity index (χ1) is 7.03. The Balaban J connectivity index is 1.90. The van der Waals surface area contributed by atoms with Crippen molar-refractivity contribution in [2.24, 2.45) is 0 Å². The van der Waals surface area contributed by atoms with Crippen LogP contribution in [-0.4, -0.2) is 30.9 Å². The van der Waals surface area contributed by atoms with E-state index in [2.05, 4.69) is 15.5 Å². The minimum absolute atomic E-state index is 0.00586. The van der Waals surface area contributed by atoms with Crippen LogP contribution in [0.2, 0.25) is 0 Å². The van der Waals surface area contributed by atoms with Crippen molar-refractivity contribution in [2.45, 2.75) is 31.2 Å². The number of hydrogen-bond donors (Lipinski definition) is 1. The Morgan fingerprint density at radius 3 is 2.67 bits per heavy atom. The maximum Gasteiger partial charge on any atom is 0.154 e. The smallest absolute Gasteiger partial charge is 0.154 e. The molecule has 1 fully saturated rings. The normalized spacial score (nSPS) is 16.9. The molecule has 1 aromatic rings. The second-order valence-corrected chi connectivity index (χ2v) is 7.10. The van der Waals surface area contributed by atoms with Crippen LogP contribution in [0.15, 0.2) is 0 Å². The summed E-state index contributed by atoms with van der Waals surface area (Å²) >= 11 is 1.37. The lowest BCUT2D eigenvalue weighted by Crippen LogP contribution is -2.14. The zero-order valence-electron chi connectivity index (χ0n) is 8.43. The van der Waals surface area contributed by atoms with Crippen LogP contribution in [0, 0.1) is 0 Å². The Labute approximate surface area is 92.8 Å². The van der Waals surface area contributed by atoms with E-state index in [1.54, 1.807) is 0 Å². The molecule has 1 aliphatic carbocycles. The van der Waals surface area contributed by atoms with Gasteiger partial charge in [0.15, 0.2) is 9.84 Å². The van der Waals surface area contributed by atoms with Gasteiger partial charge < -0.3 is 5.32 Å². The Kier molecular flexibility index (Phi) is 3.03. The Morgan fingerprint density at radius 2 is 2.07 bits per heavy atom. The van der Waals surface area contributed by atoms with Crippen molar-refractivity contribution in [1.29, 1.82) is 0 Å². The summed E-state index contributed by atoms with van der Waals surface area (Å²) in [6.07, 6.45) is 3.67. The van der Waals surface area contributed by atoms with E-state index in [4.69, 9.17) is 0 Å². The molecule has 84 valence electrons. The maximum atomic E-state index is 11.0. The minimum Gasteiger partial charge on any atom is -0.308 e. The van der Waals surface area contributed by atoms with Gasteiger partial charge in [-0.15, -0.1) is 10.2 Å². The highest BCUT2D eigenvalue weighted by Gasteiger charge is 2.20. The standard InChI is InChI=1S/C8H13N3O2S2/c1-15(12,13)5-8-11-10-7(14-8)4-9-6-2-3-6/h6,9H,2-5H2,1H3. The summed E-state index contributed by atoms with van der Waals surface area (Å²) in [5.74, 6) is -0.00586. The maximum absolute atomic E-state index is 11.0. The number of rotatable bonds is 5. The summed E-state index contributed by atoms with van der Waals surface area (Å²) in [4.78, 5) is 0. The number of sulfone groups is 1. The molecule has 0 saturated heterocycles. The van der Waals surface area contributed by atoms with Crippen molar-refractivity contribution in [1.82, 2.24) is 15.5 Å². The van der Waals surface area contributed by atoms with Gasteiger partial charge in [-0.2, -0.15) is 0 Å². The van der Waals surface area contributed by atoms with Gasteiger partial charge in [0.05, 0.1) is 0 Å². The molecule has 5 nitrogen and oxygen atoms in total. The average Bonchev–Trinajstić information content (AvgIpc) is 2.83.